The Kier molecular flexibility index (Phi) is 16.0. The minimum absolute atomic E-state index is 0.0173. The second kappa shape index (κ2) is 20.4. The SMILES string of the molecule is CC(C)C[C@@H]1NC(=O)[C@H](NC(=O)c2ncccc2O)OC(=O)[C@@H](c2ccccc2)N(C)C(=O)[C@H](C)NC(=O)[C@@H]([C@@H](C)C(C)C)N(C)C(=O)C(C)(C)N(C)C(=O)[C@@H]2C[C@H](O)CN2C1=O. The highest BCUT2D eigenvalue weighted by Gasteiger charge is 2.49. The van der Waals surface area contributed by atoms with Gasteiger partial charge in [-0.3, -0.25) is 33.6 Å². The predicted molar refractivity (Wildman–Crippen MR) is 228 cm³/mol. The number of likely N-dealkylation sites (N-methyl/N-ethyl adjacent to an activating group) is 3. The number of benzene rings is 1. The molecule has 2 aliphatic rings. The average molecular weight is 879 g/mol. The van der Waals surface area contributed by atoms with Crippen molar-refractivity contribution in [3.63, 3.8) is 0 Å². The van der Waals surface area contributed by atoms with Crippen molar-refractivity contribution in [3.8, 4) is 5.75 Å². The summed E-state index contributed by atoms with van der Waals surface area (Å²) < 4.78 is 5.74. The smallest absolute Gasteiger partial charge is 0.335 e. The number of hydrogen-bond donors (Lipinski definition) is 5. The zero-order chi connectivity index (χ0) is 47.2. The van der Waals surface area contributed by atoms with Crippen LogP contribution in [-0.2, 0) is 38.3 Å². The summed E-state index contributed by atoms with van der Waals surface area (Å²) >= 11 is 0. The number of carbonyl (C=O) groups excluding carboxylic acids is 8. The van der Waals surface area contributed by atoms with Crippen LogP contribution in [0, 0.1) is 17.8 Å². The fraction of sp³-hybridized carbons (Fsp3) is 0.568. The van der Waals surface area contributed by atoms with Crippen LogP contribution in [0.2, 0.25) is 0 Å². The van der Waals surface area contributed by atoms with Crippen LogP contribution in [0.4, 0.5) is 0 Å². The molecule has 0 bridgehead atoms. The van der Waals surface area contributed by atoms with Gasteiger partial charge in [-0.2, -0.15) is 0 Å². The molecule has 0 unspecified atom stereocenters. The van der Waals surface area contributed by atoms with E-state index >= 15 is 0 Å². The minimum atomic E-state index is -2.21. The van der Waals surface area contributed by atoms with Crippen LogP contribution >= 0.6 is 0 Å². The number of amides is 7. The molecule has 19 heteroatoms. The lowest BCUT2D eigenvalue weighted by Crippen LogP contribution is -2.64. The van der Waals surface area contributed by atoms with Gasteiger partial charge in [0.15, 0.2) is 11.7 Å². The lowest BCUT2D eigenvalue weighted by molar-refractivity contribution is -0.165. The molecular formula is C44H62N8O11. The van der Waals surface area contributed by atoms with Crippen LogP contribution in [0.15, 0.2) is 48.7 Å². The number of nitrogens with one attached hydrogen (secondary N) is 3. The monoisotopic (exact) mass is 878 g/mol. The molecule has 0 radical (unpaired) electrons. The largest absolute Gasteiger partial charge is 0.505 e. The van der Waals surface area contributed by atoms with E-state index in [1.54, 1.807) is 39.0 Å². The summed E-state index contributed by atoms with van der Waals surface area (Å²) in [6.45, 7) is 13.1. The Balaban J connectivity index is 1.91. The van der Waals surface area contributed by atoms with Gasteiger partial charge in [0.05, 0.1) is 6.10 Å². The summed E-state index contributed by atoms with van der Waals surface area (Å²) in [4.78, 5) is 123. The van der Waals surface area contributed by atoms with Gasteiger partial charge in [0, 0.05) is 40.3 Å². The van der Waals surface area contributed by atoms with E-state index in [9.17, 15) is 48.6 Å². The molecule has 8 atom stereocenters. The van der Waals surface area contributed by atoms with Crippen LogP contribution in [0.1, 0.15) is 90.3 Å². The third kappa shape index (κ3) is 11.1. The van der Waals surface area contributed by atoms with Crippen molar-refractivity contribution in [1.82, 2.24) is 40.5 Å². The third-order valence-electron chi connectivity index (χ3n) is 12.0. The maximum Gasteiger partial charge on any atom is 0.335 e. The van der Waals surface area contributed by atoms with Crippen molar-refractivity contribution in [3.05, 3.63) is 59.9 Å². The highest BCUT2D eigenvalue weighted by molar-refractivity contribution is 6.01. The molecule has 2 aromatic rings. The van der Waals surface area contributed by atoms with Crippen LogP contribution in [0.3, 0.4) is 0 Å². The molecule has 0 spiro atoms. The molecule has 7 amide bonds. The quantitative estimate of drug-likeness (QED) is 0.244. The summed E-state index contributed by atoms with van der Waals surface area (Å²) in [5.74, 6) is -8.58. The molecule has 3 heterocycles. The Hall–Kier alpha value is -6.11. The van der Waals surface area contributed by atoms with Crippen molar-refractivity contribution in [2.24, 2.45) is 17.8 Å². The first-order chi connectivity index (χ1) is 29.4. The Bertz CT molecular complexity index is 2050. The first-order valence-electron chi connectivity index (χ1n) is 21.0. The van der Waals surface area contributed by atoms with E-state index in [2.05, 4.69) is 20.9 Å². The lowest BCUT2D eigenvalue weighted by Gasteiger charge is -2.43. The second-order valence-electron chi connectivity index (χ2n) is 17.7. The van der Waals surface area contributed by atoms with E-state index in [1.165, 1.54) is 77.3 Å². The van der Waals surface area contributed by atoms with Crippen molar-refractivity contribution >= 4 is 47.3 Å². The molecule has 2 aliphatic heterocycles. The molecule has 19 nitrogen and oxygen atoms in total. The average Bonchev–Trinajstić information content (AvgIpc) is 3.62. The minimum Gasteiger partial charge on any atom is -0.505 e. The Morgan fingerprint density at radius 3 is 2.11 bits per heavy atom. The van der Waals surface area contributed by atoms with Gasteiger partial charge in [0.2, 0.25) is 29.5 Å². The second-order valence-corrected chi connectivity index (χ2v) is 17.7. The zero-order valence-corrected chi connectivity index (χ0v) is 37.8. The zero-order valence-electron chi connectivity index (χ0n) is 37.8. The highest BCUT2D eigenvalue weighted by Crippen LogP contribution is 2.29. The molecule has 0 saturated carbocycles. The summed E-state index contributed by atoms with van der Waals surface area (Å²) in [5.41, 5.74) is -1.92. The number of cyclic esters (lactones) is 1. The van der Waals surface area contributed by atoms with E-state index < -0.39 is 113 Å². The van der Waals surface area contributed by atoms with Gasteiger partial charge in [0.1, 0.15) is 35.5 Å². The third-order valence-corrected chi connectivity index (χ3v) is 12.0. The van der Waals surface area contributed by atoms with Crippen LogP contribution < -0.4 is 16.0 Å². The summed E-state index contributed by atoms with van der Waals surface area (Å²) in [6, 6.07) is 3.70. The molecule has 344 valence electrons. The van der Waals surface area contributed by atoms with Crippen molar-refractivity contribution in [2.75, 3.05) is 27.7 Å². The molecule has 0 aliphatic carbocycles. The molecular weight excluding hydrogens is 817 g/mol. The van der Waals surface area contributed by atoms with Crippen LogP contribution in [0.25, 0.3) is 0 Å². The Morgan fingerprint density at radius 1 is 0.889 bits per heavy atom. The van der Waals surface area contributed by atoms with Gasteiger partial charge in [-0.05, 0) is 62.6 Å². The normalized spacial score (nSPS) is 26.5. The fourth-order valence-corrected chi connectivity index (χ4v) is 7.80. The first kappa shape index (κ1) is 49.5. The number of ether oxygens (including phenoxy) is 1. The first-order valence-corrected chi connectivity index (χ1v) is 21.0. The lowest BCUT2D eigenvalue weighted by atomic mass is 9.87. The number of fused-ring (bicyclic) bond motifs is 1. The van der Waals surface area contributed by atoms with Crippen LogP contribution in [-0.4, -0.2) is 152 Å². The number of aliphatic hydroxyl groups is 1. The van der Waals surface area contributed by atoms with Crippen molar-refractivity contribution < 1.29 is 53.3 Å². The van der Waals surface area contributed by atoms with E-state index in [1.807, 2.05) is 13.8 Å². The van der Waals surface area contributed by atoms with E-state index in [-0.39, 0.29) is 36.8 Å². The number of hydrogen-bond acceptors (Lipinski definition) is 12. The standard InChI is InChI=1S/C44H62N8O11/c1-23(2)20-29-40(59)52-22-28(53)21-30(52)41(60)51(11)44(7,8)43(62)50(10)33(25(5)24(3)4)36(56)46-26(6)39(58)49(9)34(27-16-13-12-14-17-27)42(61)63-38(37(57)47-29)48-35(55)32-31(54)18-15-19-45-32/h12-19,23-26,28-30,33-34,38,53-54H,20-22H2,1-11H3,(H,46,56)(H,47,57)(H,48,55)/t25-,26-,28-,29-,30-,33+,34+,38+/m0/s1. The molecule has 4 rings (SSSR count). The number of aromatic nitrogens is 1. The maximum absolute atomic E-state index is 14.6. The fourth-order valence-electron chi connectivity index (χ4n) is 7.80. The Morgan fingerprint density at radius 2 is 1.52 bits per heavy atom. The van der Waals surface area contributed by atoms with Crippen molar-refractivity contribution in [1.29, 1.82) is 0 Å². The summed E-state index contributed by atoms with van der Waals surface area (Å²) in [7, 11) is 4.10. The van der Waals surface area contributed by atoms with Gasteiger partial charge >= 0.3 is 5.97 Å². The van der Waals surface area contributed by atoms with E-state index in [4.69, 9.17) is 4.74 Å². The predicted octanol–water partition coefficient (Wildman–Crippen LogP) is 0.953. The molecule has 1 aromatic carbocycles. The highest BCUT2D eigenvalue weighted by atomic mass is 16.6. The number of nitrogens with zero attached hydrogens (tertiary/aromatic N) is 5. The number of carbonyl (C=O) groups is 8. The van der Waals surface area contributed by atoms with Crippen LogP contribution in [0.5, 0.6) is 5.75 Å². The molecule has 2 saturated heterocycles. The molecule has 1 aromatic heterocycles. The Labute approximate surface area is 367 Å². The maximum atomic E-state index is 14.6. The van der Waals surface area contributed by atoms with E-state index in [0.717, 1.165) is 14.7 Å². The molecule has 63 heavy (non-hydrogen) atoms. The van der Waals surface area contributed by atoms with Gasteiger partial charge in [0.25, 0.3) is 18.0 Å². The number of aliphatic hydroxyl groups excluding tert-OH is 1. The molecule has 5 N–H and O–H groups in total. The molecule has 2 fully saturated rings. The van der Waals surface area contributed by atoms with Gasteiger partial charge in [-0.1, -0.05) is 65.0 Å². The summed E-state index contributed by atoms with van der Waals surface area (Å²) in [6.07, 6.45) is -2.37. The van der Waals surface area contributed by atoms with Gasteiger partial charge in [-0.25, -0.2) is 9.78 Å². The van der Waals surface area contributed by atoms with Gasteiger partial charge < -0.3 is 50.5 Å². The number of pyridine rings is 1. The topological polar surface area (TPSA) is 248 Å². The van der Waals surface area contributed by atoms with Gasteiger partial charge in [-0.15, -0.1) is 0 Å². The number of rotatable bonds is 7. The number of esters is 1. The van der Waals surface area contributed by atoms with Crippen molar-refractivity contribution in [2.45, 2.75) is 116 Å². The number of aromatic hydroxyl groups is 1. The summed E-state index contributed by atoms with van der Waals surface area (Å²) in [5, 5.41) is 28.8. The van der Waals surface area contributed by atoms with E-state index in [0.29, 0.717) is 0 Å².